The summed E-state index contributed by atoms with van der Waals surface area (Å²) in [6.07, 6.45) is 0. The molecule has 0 aliphatic rings. The summed E-state index contributed by atoms with van der Waals surface area (Å²) in [6, 6.07) is 8.15. The molecule has 0 atom stereocenters. The molecule has 2 nitrogen and oxygen atoms in total. The molecule has 0 spiro atoms. The highest BCUT2D eigenvalue weighted by atomic mass is 35.5. The molecule has 0 aliphatic carbocycles. The number of rotatable bonds is 2. The Morgan fingerprint density at radius 1 is 1.16 bits per heavy atom. The first-order chi connectivity index (χ1) is 8.99. The monoisotopic (exact) mass is 281 g/mol. The van der Waals surface area contributed by atoms with Crippen molar-refractivity contribution in [2.75, 3.05) is 5.32 Å². The standard InChI is InChI=1S/C14H10ClF2NO/c1-8-5-6-9(15)7-12(8)18-14(19)13-10(16)3-2-4-11(13)17/h2-7H,1H3,(H,18,19). The van der Waals surface area contributed by atoms with Crippen molar-refractivity contribution >= 4 is 23.2 Å². The van der Waals surface area contributed by atoms with E-state index in [0.717, 1.165) is 17.7 Å². The van der Waals surface area contributed by atoms with Crippen LogP contribution in [-0.2, 0) is 0 Å². The Bertz CT molecular complexity index is 623. The highest BCUT2D eigenvalue weighted by Gasteiger charge is 2.17. The van der Waals surface area contributed by atoms with E-state index in [1.54, 1.807) is 19.1 Å². The second kappa shape index (κ2) is 5.36. The molecule has 0 aliphatic heterocycles. The third-order valence-electron chi connectivity index (χ3n) is 2.64. The minimum atomic E-state index is -0.905. The zero-order valence-electron chi connectivity index (χ0n) is 10.0. The molecule has 0 saturated carbocycles. The van der Waals surface area contributed by atoms with Crippen molar-refractivity contribution in [3.05, 3.63) is 64.2 Å². The molecule has 0 bridgehead atoms. The minimum Gasteiger partial charge on any atom is -0.322 e. The number of carbonyl (C=O) groups excluding carboxylic acids is 1. The van der Waals surface area contributed by atoms with Gasteiger partial charge in [0.15, 0.2) is 0 Å². The van der Waals surface area contributed by atoms with Gasteiger partial charge < -0.3 is 5.32 Å². The summed E-state index contributed by atoms with van der Waals surface area (Å²) in [7, 11) is 0. The van der Waals surface area contributed by atoms with Gasteiger partial charge in [-0.15, -0.1) is 0 Å². The number of anilines is 1. The van der Waals surface area contributed by atoms with Crippen molar-refractivity contribution in [1.82, 2.24) is 0 Å². The van der Waals surface area contributed by atoms with E-state index in [2.05, 4.69) is 5.32 Å². The minimum absolute atomic E-state index is 0.417. The van der Waals surface area contributed by atoms with Gasteiger partial charge in [0.2, 0.25) is 0 Å². The number of nitrogens with one attached hydrogen (secondary N) is 1. The first-order valence-corrected chi connectivity index (χ1v) is 5.88. The van der Waals surface area contributed by atoms with Gasteiger partial charge in [0.25, 0.3) is 5.91 Å². The average molecular weight is 282 g/mol. The van der Waals surface area contributed by atoms with Gasteiger partial charge in [0.1, 0.15) is 17.2 Å². The smallest absolute Gasteiger partial charge is 0.261 e. The largest absolute Gasteiger partial charge is 0.322 e. The molecule has 5 heteroatoms. The third-order valence-corrected chi connectivity index (χ3v) is 2.87. The maximum atomic E-state index is 13.5. The van der Waals surface area contributed by atoms with Crippen LogP contribution in [0.1, 0.15) is 15.9 Å². The second-order valence-corrected chi connectivity index (χ2v) is 4.45. The van der Waals surface area contributed by atoms with Gasteiger partial charge in [-0.25, -0.2) is 8.78 Å². The highest BCUT2D eigenvalue weighted by molar-refractivity contribution is 6.31. The normalized spacial score (nSPS) is 10.3. The first kappa shape index (κ1) is 13.5. The van der Waals surface area contributed by atoms with Crippen LogP contribution in [-0.4, -0.2) is 5.91 Å². The van der Waals surface area contributed by atoms with E-state index in [-0.39, 0.29) is 0 Å². The fourth-order valence-electron chi connectivity index (χ4n) is 1.63. The molecule has 19 heavy (non-hydrogen) atoms. The molecule has 0 saturated heterocycles. The third kappa shape index (κ3) is 2.90. The Morgan fingerprint density at radius 2 is 1.79 bits per heavy atom. The Kier molecular flexibility index (Phi) is 3.81. The maximum Gasteiger partial charge on any atom is 0.261 e. The Hall–Kier alpha value is -1.94. The van der Waals surface area contributed by atoms with Crippen LogP contribution < -0.4 is 5.32 Å². The fourth-order valence-corrected chi connectivity index (χ4v) is 1.80. The molecule has 2 aromatic rings. The SMILES string of the molecule is Cc1ccc(Cl)cc1NC(=O)c1c(F)cccc1F. The Balaban J connectivity index is 2.34. The highest BCUT2D eigenvalue weighted by Crippen LogP contribution is 2.22. The van der Waals surface area contributed by atoms with Crippen molar-refractivity contribution in [2.45, 2.75) is 6.92 Å². The lowest BCUT2D eigenvalue weighted by Crippen LogP contribution is -2.16. The van der Waals surface area contributed by atoms with Crippen LogP contribution in [0.25, 0.3) is 0 Å². The Labute approximate surface area is 114 Å². The van der Waals surface area contributed by atoms with Gasteiger partial charge in [0.05, 0.1) is 0 Å². The van der Waals surface area contributed by atoms with Gasteiger partial charge in [0, 0.05) is 10.7 Å². The van der Waals surface area contributed by atoms with Crippen LogP contribution >= 0.6 is 11.6 Å². The summed E-state index contributed by atoms with van der Waals surface area (Å²) in [6.45, 7) is 1.75. The molecular formula is C14H10ClF2NO. The molecule has 0 aromatic heterocycles. The van der Waals surface area contributed by atoms with Gasteiger partial charge in [-0.1, -0.05) is 23.7 Å². The van der Waals surface area contributed by atoms with Crippen molar-refractivity contribution < 1.29 is 13.6 Å². The molecule has 1 amide bonds. The maximum absolute atomic E-state index is 13.5. The number of halogens is 3. The van der Waals surface area contributed by atoms with Crippen molar-refractivity contribution in [2.24, 2.45) is 0 Å². The Morgan fingerprint density at radius 3 is 2.42 bits per heavy atom. The fraction of sp³-hybridized carbons (Fsp3) is 0.0714. The van der Waals surface area contributed by atoms with Gasteiger partial charge in [-0.3, -0.25) is 4.79 Å². The number of amides is 1. The lowest BCUT2D eigenvalue weighted by atomic mass is 10.1. The topological polar surface area (TPSA) is 29.1 Å². The van der Waals surface area contributed by atoms with E-state index in [1.807, 2.05) is 0 Å². The van der Waals surface area contributed by atoms with Crippen LogP contribution in [0.5, 0.6) is 0 Å². The number of aryl methyl sites for hydroxylation is 1. The molecule has 0 heterocycles. The predicted octanol–water partition coefficient (Wildman–Crippen LogP) is 4.18. The molecule has 98 valence electrons. The molecule has 0 fully saturated rings. The van der Waals surface area contributed by atoms with E-state index < -0.39 is 23.1 Å². The summed E-state index contributed by atoms with van der Waals surface area (Å²) >= 11 is 5.81. The molecule has 1 N–H and O–H groups in total. The summed E-state index contributed by atoms with van der Waals surface area (Å²) in [5.41, 5.74) is 0.552. The summed E-state index contributed by atoms with van der Waals surface area (Å²) < 4.78 is 26.9. The molecule has 0 radical (unpaired) electrons. The number of hydrogen-bond donors (Lipinski definition) is 1. The number of benzene rings is 2. The first-order valence-electron chi connectivity index (χ1n) is 5.50. The number of carbonyl (C=O) groups is 1. The van der Waals surface area contributed by atoms with Crippen LogP contribution in [0.2, 0.25) is 5.02 Å². The van der Waals surface area contributed by atoms with Gasteiger partial charge in [-0.2, -0.15) is 0 Å². The quantitative estimate of drug-likeness (QED) is 0.879. The van der Waals surface area contributed by atoms with E-state index >= 15 is 0 Å². The van der Waals surface area contributed by atoms with E-state index in [1.165, 1.54) is 12.1 Å². The van der Waals surface area contributed by atoms with Crippen LogP contribution in [0, 0.1) is 18.6 Å². The molecule has 0 unspecified atom stereocenters. The zero-order valence-corrected chi connectivity index (χ0v) is 10.8. The summed E-state index contributed by atoms with van der Waals surface area (Å²) in [5, 5.41) is 2.87. The van der Waals surface area contributed by atoms with Crippen molar-refractivity contribution in [3.63, 3.8) is 0 Å². The van der Waals surface area contributed by atoms with Gasteiger partial charge >= 0.3 is 0 Å². The van der Waals surface area contributed by atoms with E-state index in [4.69, 9.17) is 11.6 Å². The van der Waals surface area contributed by atoms with Crippen molar-refractivity contribution in [1.29, 1.82) is 0 Å². The summed E-state index contributed by atoms with van der Waals surface area (Å²) in [5.74, 6) is -2.66. The zero-order chi connectivity index (χ0) is 14.0. The average Bonchev–Trinajstić information content (AvgIpc) is 2.33. The lowest BCUT2D eigenvalue weighted by Gasteiger charge is -2.09. The van der Waals surface area contributed by atoms with Crippen LogP contribution in [0.3, 0.4) is 0 Å². The van der Waals surface area contributed by atoms with E-state index in [0.29, 0.717) is 10.7 Å². The molecule has 2 rings (SSSR count). The van der Waals surface area contributed by atoms with Crippen LogP contribution in [0.4, 0.5) is 14.5 Å². The molecular weight excluding hydrogens is 272 g/mol. The lowest BCUT2D eigenvalue weighted by molar-refractivity contribution is 0.101. The van der Waals surface area contributed by atoms with Gasteiger partial charge in [-0.05, 0) is 36.8 Å². The van der Waals surface area contributed by atoms with E-state index in [9.17, 15) is 13.6 Å². The van der Waals surface area contributed by atoms with Crippen molar-refractivity contribution in [3.8, 4) is 0 Å². The molecule has 2 aromatic carbocycles. The number of hydrogen-bond acceptors (Lipinski definition) is 1. The predicted molar refractivity (Wildman–Crippen MR) is 70.5 cm³/mol. The second-order valence-electron chi connectivity index (χ2n) is 4.01. The van der Waals surface area contributed by atoms with Crippen LogP contribution in [0.15, 0.2) is 36.4 Å². The summed E-state index contributed by atoms with van der Waals surface area (Å²) in [4.78, 5) is 11.9.